The Morgan fingerprint density at radius 2 is 1.77 bits per heavy atom. The van der Waals surface area contributed by atoms with Crippen molar-refractivity contribution in [2.75, 3.05) is 12.3 Å². The molecule has 2 amide bonds. The van der Waals surface area contributed by atoms with E-state index in [4.69, 9.17) is 10.2 Å². The lowest BCUT2D eigenvalue weighted by Gasteiger charge is -2.17. The van der Waals surface area contributed by atoms with Crippen molar-refractivity contribution in [2.24, 2.45) is 0 Å². The SMILES string of the molecule is O=C(O)CCNC(=O)C(CCC(=O)O)NC(=O)CCCCC1CCSS1. The van der Waals surface area contributed by atoms with E-state index < -0.39 is 23.9 Å². The number of unbranched alkanes of at least 4 members (excludes halogenated alkanes) is 1. The Bertz CT molecular complexity index is 497. The van der Waals surface area contributed by atoms with E-state index in [0.29, 0.717) is 5.25 Å². The first-order chi connectivity index (χ1) is 12.4. The van der Waals surface area contributed by atoms with E-state index in [0.717, 1.165) is 19.3 Å². The normalized spacial score (nSPS) is 17.5. The van der Waals surface area contributed by atoms with Crippen LogP contribution in [0.25, 0.3) is 0 Å². The minimum Gasteiger partial charge on any atom is -0.481 e. The third-order valence-electron chi connectivity index (χ3n) is 3.84. The number of carboxylic acid groups (broad SMARTS) is 2. The highest BCUT2D eigenvalue weighted by atomic mass is 33.1. The van der Waals surface area contributed by atoms with Crippen molar-refractivity contribution in [2.45, 2.75) is 62.7 Å². The zero-order valence-electron chi connectivity index (χ0n) is 14.6. The average Bonchev–Trinajstić information content (AvgIpc) is 3.08. The summed E-state index contributed by atoms with van der Waals surface area (Å²) in [6.07, 6.45) is 3.71. The molecule has 0 aromatic carbocycles. The molecule has 1 aliphatic heterocycles. The van der Waals surface area contributed by atoms with Crippen LogP contribution in [0.15, 0.2) is 0 Å². The van der Waals surface area contributed by atoms with Crippen molar-refractivity contribution in [3.8, 4) is 0 Å². The van der Waals surface area contributed by atoms with Crippen LogP contribution in [0.1, 0.15) is 51.4 Å². The Kier molecular flexibility index (Phi) is 11.2. The first kappa shape index (κ1) is 22.6. The fourth-order valence-electron chi connectivity index (χ4n) is 2.44. The Morgan fingerprint density at radius 3 is 2.38 bits per heavy atom. The monoisotopic (exact) mass is 406 g/mol. The van der Waals surface area contributed by atoms with Gasteiger partial charge >= 0.3 is 11.9 Å². The van der Waals surface area contributed by atoms with Gasteiger partial charge in [-0.3, -0.25) is 19.2 Å². The van der Waals surface area contributed by atoms with E-state index in [1.165, 1.54) is 12.2 Å². The predicted molar refractivity (Wildman–Crippen MR) is 101 cm³/mol. The lowest BCUT2D eigenvalue weighted by Crippen LogP contribution is -2.47. The molecule has 10 heteroatoms. The Balaban J connectivity index is 2.33. The van der Waals surface area contributed by atoms with Crippen LogP contribution in [0.3, 0.4) is 0 Å². The van der Waals surface area contributed by atoms with Crippen molar-refractivity contribution in [3.63, 3.8) is 0 Å². The largest absolute Gasteiger partial charge is 0.481 e. The van der Waals surface area contributed by atoms with Gasteiger partial charge < -0.3 is 20.8 Å². The number of hydrogen-bond acceptors (Lipinski definition) is 6. The van der Waals surface area contributed by atoms with Gasteiger partial charge in [-0.15, -0.1) is 0 Å². The first-order valence-electron chi connectivity index (χ1n) is 8.67. The standard InChI is InChI=1S/C16H26N2O6S2/c19-13(4-2-1-3-11-8-10-25-26-11)18-12(5-6-14(20)21)16(24)17-9-7-15(22)23/h11-12H,1-10H2,(H,17,24)(H,18,19)(H,20,21)(H,22,23). The number of nitrogens with one attached hydrogen (secondary N) is 2. The molecule has 4 N–H and O–H groups in total. The summed E-state index contributed by atoms with van der Waals surface area (Å²) in [5.74, 6) is -1.77. The molecule has 0 bridgehead atoms. The summed E-state index contributed by atoms with van der Waals surface area (Å²) in [5.41, 5.74) is 0. The number of hydrogen-bond donors (Lipinski definition) is 4. The summed E-state index contributed by atoms with van der Waals surface area (Å²) in [4.78, 5) is 45.3. The second-order valence-electron chi connectivity index (χ2n) is 6.06. The van der Waals surface area contributed by atoms with Crippen LogP contribution in [0, 0.1) is 0 Å². The highest BCUT2D eigenvalue weighted by molar-refractivity contribution is 8.77. The van der Waals surface area contributed by atoms with E-state index in [1.54, 1.807) is 0 Å². The van der Waals surface area contributed by atoms with Crippen molar-refractivity contribution < 1.29 is 29.4 Å². The first-order valence-corrected chi connectivity index (χ1v) is 11.1. The minimum absolute atomic E-state index is 0.0318. The zero-order chi connectivity index (χ0) is 19.4. The summed E-state index contributed by atoms with van der Waals surface area (Å²) in [7, 11) is 3.78. The molecule has 0 aromatic heterocycles. The predicted octanol–water partition coefficient (Wildman–Crippen LogP) is 1.64. The second-order valence-corrected chi connectivity index (χ2v) is 8.85. The molecule has 26 heavy (non-hydrogen) atoms. The van der Waals surface area contributed by atoms with Crippen LogP contribution in [-0.4, -0.2) is 57.6 Å². The molecular formula is C16H26N2O6S2. The quantitative estimate of drug-likeness (QED) is 0.268. The van der Waals surface area contributed by atoms with Gasteiger partial charge in [0, 0.05) is 30.4 Å². The molecular weight excluding hydrogens is 380 g/mol. The Morgan fingerprint density at radius 1 is 1.04 bits per heavy atom. The molecule has 2 atom stereocenters. The number of carbonyl (C=O) groups is 4. The van der Waals surface area contributed by atoms with E-state index in [1.807, 2.05) is 21.6 Å². The topological polar surface area (TPSA) is 133 Å². The van der Waals surface area contributed by atoms with E-state index in [9.17, 15) is 19.2 Å². The number of amides is 2. The Hall–Kier alpha value is -1.42. The molecule has 148 valence electrons. The summed E-state index contributed by atoms with van der Waals surface area (Å²) in [6.45, 7) is -0.0648. The van der Waals surface area contributed by atoms with Crippen LogP contribution in [0.4, 0.5) is 0 Å². The fourth-order valence-corrected chi connectivity index (χ4v) is 5.47. The molecule has 0 radical (unpaired) electrons. The summed E-state index contributed by atoms with van der Waals surface area (Å²) < 4.78 is 0. The highest BCUT2D eigenvalue weighted by Crippen LogP contribution is 2.39. The molecule has 1 saturated heterocycles. The molecule has 0 aliphatic carbocycles. The van der Waals surface area contributed by atoms with Crippen LogP contribution < -0.4 is 10.6 Å². The smallest absolute Gasteiger partial charge is 0.305 e. The summed E-state index contributed by atoms with van der Waals surface area (Å²) >= 11 is 0. The molecule has 1 fully saturated rings. The maximum absolute atomic E-state index is 12.1. The number of carbonyl (C=O) groups excluding carboxylic acids is 2. The van der Waals surface area contributed by atoms with Gasteiger partial charge in [0.15, 0.2) is 0 Å². The van der Waals surface area contributed by atoms with Crippen molar-refractivity contribution in [1.29, 1.82) is 0 Å². The van der Waals surface area contributed by atoms with Crippen LogP contribution in [0.5, 0.6) is 0 Å². The fraction of sp³-hybridized carbons (Fsp3) is 0.750. The van der Waals surface area contributed by atoms with Gasteiger partial charge in [-0.2, -0.15) is 0 Å². The van der Waals surface area contributed by atoms with Crippen LogP contribution >= 0.6 is 21.6 Å². The highest BCUT2D eigenvalue weighted by Gasteiger charge is 2.22. The molecule has 0 aromatic rings. The van der Waals surface area contributed by atoms with Gasteiger partial charge in [-0.05, 0) is 25.7 Å². The van der Waals surface area contributed by atoms with E-state index in [-0.39, 0.29) is 38.1 Å². The molecule has 1 aliphatic rings. The van der Waals surface area contributed by atoms with E-state index in [2.05, 4.69) is 10.6 Å². The molecule has 8 nitrogen and oxygen atoms in total. The van der Waals surface area contributed by atoms with Gasteiger partial charge in [0.25, 0.3) is 0 Å². The molecule has 2 unspecified atom stereocenters. The van der Waals surface area contributed by atoms with Crippen molar-refractivity contribution in [1.82, 2.24) is 10.6 Å². The molecule has 0 saturated carbocycles. The number of carboxylic acids is 2. The third-order valence-corrected chi connectivity index (χ3v) is 6.85. The lowest BCUT2D eigenvalue weighted by molar-refractivity contribution is -0.138. The van der Waals surface area contributed by atoms with Gasteiger partial charge in [-0.1, -0.05) is 28.0 Å². The molecule has 0 spiro atoms. The van der Waals surface area contributed by atoms with E-state index >= 15 is 0 Å². The third kappa shape index (κ3) is 10.5. The summed E-state index contributed by atoms with van der Waals surface area (Å²) in [6, 6.07) is -0.964. The van der Waals surface area contributed by atoms with Crippen molar-refractivity contribution >= 4 is 45.3 Å². The van der Waals surface area contributed by atoms with Crippen molar-refractivity contribution in [3.05, 3.63) is 0 Å². The van der Waals surface area contributed by atoms with Gasteiger partial charge in [0.2, 0.25) is 11.8 Å². The molecule has 1 heterocycles. The van der Waals surface area contributed by atoms with Crippen LogP contribution in [-0.2, 0) is 19.2 Å². The average molecular weight is 407 g/mol. The number of aliphatic carboxylic acids is 2. The second kappa shape index (κ2) is 12.9. The van der Waals surface area contributed by atoms with Gasteiger partial charge in [0.1, 0.15) is 6.04 Å². The van der Waals surface area contributed by atoms with Crippen LogP contribution in [0.2, 0.25) is 0 Å². The lowest BCUT2D eigenvalue weighted by atomic mass is 10.1. The molecule has 1 rings (SSSR count). The Labute approximate surface area is 160 Å². The van der Waals surface area contributed by atoms with Gasteiger partial charge in [0.05, 0.1) is 6.42 Å². The zero-order valence-corrected chi connectivity index (χ0v) is 16.2. The maximum atomic E-state index is 12.1. The minimum atomic E-state index is -1.06. The summed E-state index contributed by atoms with van der Waals surface area (Å²) in [5, 5.41) is 23.0. The number of rotatable bonds is 13. The maximum Gasteiger partial charge on any atom is 0.305 e. The van der Waals surface area contributed by atoms with Gasteiger partial charge in [-0.25, -0.2) is 0 Å².